The zero-order valence-electron chi connectivity index (χ0n) is 15.2. The van der Waals surface area contributed by atoms with E-state index < -0.39 is 0 Å². The van der Waals surface area contributed by atoms with Crippen LogP contribution in [0.1, 0.15) is 41.3 Å². The number of ether oxygens (including phenoxy) is 1. The number of benzene rings is 2. The molecule has 0 aliphatic carbocycles. The summed E-state index contributed by atoms with van der Waals surface area (Å²) in [5, 5.41) is 6.03. The zero-order valence-corrected chi connectivity index (χ0v) is 17.6. The van der Waals surface area contributed by atoms with Crippen LogP contribution >= 0.6 is 28.1 Å². The van der Waals surface area contributed by atoms with Gasteiger partial charge in [0.1, 0.15) is 5.75 Å². The summed E-state index contributed by atoms with van der Waals surface area (Å²) in [7, 11) is 0. The van der Waals surface area contributed by atoms with E-state index in [0.717, 1.165) is 34.1 Å². The molecule has 2 N–H and O–H groups in total. The van der Waals surface area contributed by atoms with Crippen molar-refractivity contribution in [3.05, 3.63) is 57.6 Å². The molecule has 2 rings (SSSR count). The smallest absolute Gasteiger partial charge is 0.261 e. The number of aryl methyl sites for hydroxylation is 2. The van der Waals surface area contributed by atoms with Crippen LogP contribution in [0.15, 0.2) is 40.9 Å². The third-order valence-corrected chi connectivity index (χ3v) is 4.35. The summed E-state index contributed by atoms with van der Waals surface area (Å²) in [6.45, 7) is 6.70. The minimum absolute atomic E-state index is 0.250. The fourth-order valence-corrected chi connectivity index (χ4v) is 3.08. The van der Waals surface area contributed by atoms with Gasteiger partial charge in [-0.2, -0.15) is 0 Å². The van der Waals surface area contributed by atoms with Crippen molar-refractivity contribution in [2.24, 2.45) is 0 Å². The summed E-state index contributed by atoms with van der Waals surface area (Å²) in [4.78, 5) is 12.6. The first kappa shape index (κ1) is 20.4. The molecule has 0 aliphatic heterocycles. The maximum Gasteiger partial charge on any atom is 0.261 e. The second-order valence-corrected chi connectivity index (χ2v) is 7.45. The summed E-state index contributed by atoms with van der Waals surface area (Å²) >= 11 is 8.68. The summed E-state index contributed by atoms with van der Waals surface area (Å²) in [6, 6.07) is 11.4. The molecule has 0 saturated carbocycles. The Labute approximate surface area is 168 Å². The average molecular weight is 435 g/mol. The molecule has 0 heterocycles. The van der Waals surface area contributed by atoms with Crippen LogP contribution in [0.4, 0.5) is 5.69 Å². The van der Waals surface area contributed by atoms with Gasteiger partial charge in [-0.15, -0.1) is 0 Å². The van der Waals surface area contributed by atoms with Gasteiger partial charge in [0.15, 0.2) is 5.11 Å². The summed E-state index contributed by atoms with van der Waals surface area (Å²) in [5.41, 5.74) is 3.54. The molecule has 4 nitrogen and oxygen atoms in total. The standard InChI is InChI=1S/C20H23BrN2O2S/c1-4-5-8-25-18-7-6-15(21)12-17(18)19(24)23-20(26)22-16-10-13(2)9-14(3)11-16/h6-7,9-12H,4-5,8H2,1-3H3,(H2,22,23,24,26). The van der Waals surface area contributed by atoms with Crippen LogP contribution in [-0.2, 0) is 0 Å². The van der Waals surface area contributed by atoms with Gasteiger partial charge >= 0.3 is 0 Å². The van der Waals surface area contributed by atoms with Crippen LogP contribution in [0.25, 0.3) is 0 Å². The molecule has 2 aromatic carbocycles. The fraction of sp³-hybridized carbons (Fsp3) is 0.300. The molecule has 138 valence electrons. The minimum atomic E-state index is -0.306. The Morgan fingerprint density at radius 1 is 1.15 bits per heavy atom. The van der Waals surface area contributed by atoms with Crippen LogP contribution in [-0.4, -0.2) is 17.6 Å². The quantitative estimate of drug-likeness (QED) is 0.473. The highest BCUT2D eigenvalue weighted by Gasteiger charge is 2.15. The number of halogens is 1. The Morgan fingerprint density at radius 2 is 1.85 bits per heavy atom. The van der Waals surface area contributed by atoms with Gasteiger partial charge in [-0.1, -0.05) is 35.3 Å². The molecule has 1 amide bonds. The molecule has 0 aromatic heterocycles. The van der Waals surface area contributed by atoms with E-state index in [4.69, 9.17) is 17.0 Å². The van der Waals surface area contributed by atoms with Crippen molar-refractivity contribution in [1.29, 1.82) is 0 Å². The molecule has 0 atom stereocenters. The number of thiocarbonyl (C=S) groups is 1. The van der Waals surface area contributed by atoms with E-state index in [9.17, 15) is 4.79 Å². The maximum atomic E-state index is 12.6. The summed E-state index contributed by atoms with van der Waals surface area (Å²) in [5.74, 6) is 0.244. The molecule has 2 aromatic rings. The Kier molecular flexibility index (Phi) is 7.60. The van der Waals surface area contributed by atoms with Crippen LogP contribution in [0.3, 0.4) is 0 Å². The fourth-order valence-electron chi connectivity index (χ4n) is 2.51. The lowest BCUT2D eigenvalue weighted by atomic mass is 10.1. The first-order chi connectivity index (χ1) is 12.4. The highest BCUT2D eigenvalue weighted by molar-refractivity contribution is 9.10. The average Bonchev–Trinajstić information content (AvgIpc) is 2.55. The van der Waals surface area contributed by atoms with E-state index in [2.05, 4.69) is 39.6 Å². The van der Waals surface area contributed by atoms with Crippen molar-refractivity contribution in [2.45, 2.75) is 33.6 Å². The Bertz CT molecular complexity index is 788. The van der Waals surface area contributed by atoms with Crippen LogP contribution in [0.2, 0.25) is 0 Å². The van der Waals surface area contributed by atoms with Gasteiger partial charge in [0.25, 0.3) is 5.91 Å². The molecule has 0 bridgehead atoms. The normalized spacial score (nSPS) is 10.3. The summed E-state index contributed by atoms with van der Waals surface area (Å²) < 4.78 is 6.54. The number of nitrogens with one attached hydrogen (secondary N) is 2. The topological polar surface area (TPSA) is 50.4 Å². The number of anilines is 1. The van der Waals surface area contributed by atoms with E-state index in [1.54, 1.807) is 12.1 Å². The molecule has 26 heavy (non-hydrogen) atoms. The van der Waals surface area contributed by atoms with Gasteiger partial charge in [-0.05, 0) is 73.9 Å². The first-order valence-corrected chi connectivity index (χ1v) is 9.72. The van der Waals surface area contributed by atoms with Crippen molar-refractivity contribution in [3.8, 4) is 5.75 Å². The molecule has 0 unspecified atom stereocenters. The molecule has 0 fully saturated rings. The van der Waals surface area contributed by atoms with Gasteiger partial charge in [0, 0.05) is 10.2 Å². The Morgan fingerprint density at radius 3 is 2.50 bits per heavy atom. The van der Waals surface area contributed by atoms with Gasteiger partial charge < -0.3 is 10.1 Å². The van der Waals surface area contributed by atoms with Crippen molar-refractivity contribution in [1.82, 2.24) is 5.32 Å². The number of hydrogen-bond donors (Lipinski definition) is 2. The second kappa shape index (κ2) is 9.69. The number of rotatable bonds is 6. The van der Waals surface area contributed by atoms with Gasteiger partial charge in [0.05, 0.1) is 12.2 Å². The highest BCUT2D eigenvalue weighted by atomic mass is 79.9. The predicted octanol–water partition coefficient (Wildman–Crippen LogP) is 5.37. The summed E-state index contributed by atoms with van der Waals surface area (Å²) in [6.07, 6.45) is 1.96. The van der Waals surface area contributed by atoms with Gasteiger partial charge in [0.2, 0.25) is 0 Å². The first-order valence-electron chi connectivity index (χ1n) is 8.52. The zero-order chi connectivity index (χ0) is 19.1. The second-order valence-electron chi connectivity index (χ2n) is 6.13. The molecule has 0 radical (unpaired) electrons. The van der Waals surface area contributed by atoms with Crippen LogP contribution < -0.4 is 15.4 Å². The maximum absolute atomic E-state index is 12.6. The van der Waals surface area contributed by atoms with E-state index in [1.807, 2.05) is 32.0 Å². The highest BCUT2D eigenvalue weighted by Crippen LogP contribution is 2.23. The largest absolute Gasteiger partial charge is 0.493 e. The van der Waals surface area contributed by atoms with E-state index >= 15 is 0 Å². The molecule has 0 aliphatic rings. The lowest BCUT2D eigenvalue weighted by Gasteiger charge is -2.14. The van der Waals surface area contributed by atoms with Crippen LogP contribution in [0.5, 0.6) is 5.75 Å². The minimum Gasteiger partial charge on any atom is -0.493 e. The number of carbonyl (C=O) groups excluding carboxylic acids is 1. The number of hydrogen-bond acceptors (Lipinski definition) is 3. The molecule has 0 spiro atoms. The Balaban J connectivity index is 2.08. The monoisotopic (exact) mass is 434 g/mol. The molecule has 0 saturated heterocycles. The van der Waals surface area contributed by atoms with Crippen molar-refractivity contribution in [3.63, 3.8) is 0 Å². The third kappa shape index (κ3) is 6.11. The third-order valence-electron chi connectivity index (χ3n) is 3.65. The van der Waals surface area contributed by atoms with Crippen LogP contribution in [0, 0.1) is 13.8 Å². The van der Waals surface area contributed by atoms with E-state index in [1.165, 1.54) is 0 Å². The predicted molar refractivity (Wildman–Crippen MR) is 114 cm³/mol. The SMILES string of the molecule is CCCCOc1ccc(Br)cc1C(=O)NC(=S)Nc1cc(C)cc(C)c1. The number of unbranched alkanes of at least 4 members (excludes halogenated alkanes) is 1. The van der Waals surface area contributed by atoms with Gasteiger partial charge in [-0.3, -0.25) is 10.1 Å². The van der Waals surface area contributed by atoms with E-state index in [-0.39, 0.29) is 11.0 Å². The Hall–Kier alpha value is -1.92. The lowest BCUT2D eigenvalue weighted by molar-refractivity contribution is 0.0973. The van der Waals surface area contributed by atoms with Crippen molar-refractivity contribution in [2.75, 3.05) is 11.9 Å². The number of amides is 1. The molecular formula is C20H23BrN2O2S. The number of carbonyl (C=O) groups is 1. The van der Waals surface area contributed by atoms with Crippen molar-refractivity contribution < 1.29 is 9.53 Å². The van der Waals surface area contributed by atoms with Gasteiger partial charge in [-0.25, -0.2) is 0 Å². The molecule has 6 heteroatoms. The van der Waals surface area contributed by atoms with Crippen molar-refractivity contribution >= 4 is 44.9 Å². The molecular weight excluding hydrogens is 412 g/mol. The van der Waals surface area contributed by atoms with E-state index in [0.29, 0.717) is 17.9 Å². The lowest BCUT2D eigenvalue weighted by Crippen LogP contribution is -2.34.